The second-order valence-electron chi connectivity index (χ2n) is 4.35. The molecule has 106 valence electrons. The van der Waals surface area contributed by atoms with Crippen LogP contribution in [0.4, 0.5) is 0 Å². The van der Waals surface area contributed by atoms with Gasteiger partial charge in [-0.2, -0.15) is 0 Å². The van der Waals surface area contributed by atoms with Gasteiger partial charge in [-0.1, -0.05) is 24.6 Å². The highest BCUT2D eigenvalue weighted by atomic mass is 79.9. The van der Waals surface area contributed by atoms with Gasteiger partial charge in [0.15, 0.2) is 5.82 Å². The smallest absolute Gasteiger partial charge is 0.306 e. The molecule has 0 bridgehead atoms. The summed E-state index contributed by atoms with van der Waals surface area (Å²) in [5.74, 6) is -0.765. The van der Waals surface area contributed by atoms with Gasteiger partial charge in [-0.05, 0) is 44.9 Å². The molecule has 2 aromatic rings. The standard InChI is InChI=1S/C12H12BrClN4O2/c1-7(12(19)20)5-6-18-11(15-16-17-18)8-3-2-4-9(13)10(8)14/h2-4,7H,5-6H2,1H3,(H,19,20). The maximum atomic E-state index is 10.8. The minimum atomic E-state index is -0.833. The van der Waals surface area contributed by atoms with Gasteiger partial charge in [0.05, 0.1) is 10.9 Å². The van der Waals surface area contributed by atoms with E-state index in [4.69, 9.17) is 16.7 Å². The highest BCUT2D eigenvalue weighted by molar-refractivity contribution is 9.10. The van der Waals surface area contributed by atoms with E-state index in [0.29, 0.717) is 29.4 Å². The quantitative estimate of drug-likeness (QED) is 0.888. The Morgan fingerprint density at radius 1 is 1.55 bits per heavy atom. The van der Waals surface area contributed by atoms with Crippen molar-refractivity contribution in [3.63, 3.8) is 0 Å². The number of nitrogens with zero attached hydrogens (tertiary/aromatic N) is 4. The van der Waals surface area contributed by atoms with E-state index in [1.807, 2.05) is 18.2 Å². The van der Waals surface area contributed by atoms with Crippen LogP contribution in [0.3, 0.4) is 0 Å². The minimum absolute atomic E-state index is 0.415. The van der Waals surface area contributed by atoms with Crippen molar-refractivity contribution in [3.8, 4) is 11.4 Å². The lowest BCUT2D eigenvalue weighted by Gasteiger charge is -2.09. The number of halogens is 2. The van der Waals surface area contributed by atoms with Crippen LogP contribution in [0, 0.1) is 5.92 Å². The molecular weight excluding hydrogens is 348 g/mol. The summed E-state index contributed by atoms with van der Waals surface area (Å²) in [5.41, 5.74) is 0.703. The normalized spacial score (nSPS) is 12.3. The molecule has 20 heavy (non-hydrogen) atoms. The van der Waals surface area contributed by atoms with E-state index in [0.717, 1.165) is 4.47 Å². The van der Waals surface area contributed by atoms with E-state index in [1.54, 1.807) is 11.6 Å². The molecule has 0 fully saturated rings. The van der Waals surface area contributed by atoms with Gasteiger partial charge in [0.25, 0.3) is 0 Å². The van der Waals surface area contributed by atoms with Gasteiger partial charge in [-0.25, -0.2) is 4.68 Å². The number of tetrazole rings is 1. The Kier molecular flexibility index (Phi) is 4.72. The lowest BCUT2D eigenvalue weighted by atomic mass is 10.1. The zero-order valence-electron chi connectivity index (χ0n) is 10.6. The molecule has 1 atom stereocenters. The van der Waals surface area contributed by atoms with Gasteiger partial charge < -0.3 is 5.11 Å². The van der Waals surface area contributed by atoms with Crippen molar-refractivity contribution >= 4 is 33.5 Å². The fourth-order valence-electron chi connectivity index (χ4n) is 1.66. The third-order valence-electron chi connectivity index (χ3n) is 2.92. The number of aryl methyl sites for hydroxylation is 1. The average molecular weight is 360 g/mol. The molecule has 0 saturated heterocycles. The molecule has 2 rings (SSSR count). The van der Waals surface area contributed by atoms with Crippen LogP contribution < -0.4 is 0 Å². The molecule has 0 aliphatic carbocycles. The summed E-state index contributed by atoms with van der Waals surface area (Å²) in [6.07, 6.45) is 0.443. The van der Waals surface area contributed by atoms with Crippen LogP contribution in [0.15, 0.2) is 22.7 Å². The van der Waals surface area contributed by atoms with Gasteiger partial charge in [0.2, 0.25) is 0 Å². The first-order valence-corrected chi connectivity index (χ1v) is 7.11. The van der Waals surface area contributed by atoms with Crippen molar-refractivity contribution in [3.05, 3.63) is 27.7 Å². The van der Waals surface area contributed by atoms with Crippen LogP contribution in [0.5, 0.6) is 0 Å². The van der Waals surface area contributed by atoms with Crippen LogP contribution in [0.2, 0.25) is 5.02 Å². The molecule has 0 saturated carbocycles. The molecule has 1 aromatic heterocycles. The fraction of sp³-hybridized carbons (Fsp3) is 0.333. The largest absolute Gasteiger partial charge is 0.481 e. The monoisotopic (exact) mass is 358 g/mol. The lowest BCUT2D eigenvalue weighted by Crippen LogP contribution is -2.14. The van der Waals surface area contributed by atoms with E-state index in [1.165, 1.54) is 0 Å². The van der Waals surface area contributed by atoms with E-state index >= 15 is 0 Å². The number of rotatable bonds is 5. The summed E-state index contributed by atoms with van der Waals surface area (Å²) in [6.45, 7) is 2.07. The molecule has 0 radical (unpaired) electrons. The first-order valence-electron chi connectivity index (χ1n) is 5.94. The van der Waals surface area contributed by atoms with Crippen LogP contribution in [0.1, 0.15) is 13.3 Å². The highest BCUT2D eigenvalue weighted by Gasteiger charge is 2.16. The molecule has 8 heteroatoms. The summed E-state index contributed by atoms with van der Waals surface area (Å²) in [5, 5.41) is 20.9. The first-order chi connectivity index (χ1) is 9.50. The Morgan fingerprint density at radius 2 is 2.30 bits per heavy atom. The van der Waals surface area contributed by atoms with Crippen LogP contribution in [-0.4, -0.2) is 31.3 Å². The van der Waals surface area contributed by atoms with E-state index in [-0.39, 0.29) is 0 Å². The van der Waals surface area contributed by atoms with Crippen molar-refractivity contribution in [2.75, 3.05) is 0 Å². The number of benzene rings is 1. The van der Waals surface area contributed by atoms with Crippen LogP contribution in [0.25, 0.3) is 11.4 Å². The Balaban J connectivity index is 2.25. The molecule has 0 spiro atoms. The lowest BCUT2D eigenvalue weighted by molar-refractivity contribution is -0.141. The summed E-state index contributed by atoms with van der Waals surface area (Å²) in [7, 11) is 0. The van der Waals surface area contributed by atoms with Crippen molar-refractivity contribution in [1.82, 2.24) is 20.2 Å². The molecular formula is C12H12BrClN4O2. The Bertz CT molecular complexity index is 632. The maximum absolute atomic E-state index is 10.8. The number of aromatic nitrogens is 4. The molecule has 1 heterocycles. The van der Waals surface area contributed by atoms with Gasteiger partial charge >= 0.3 is 5.97 Å². The molecule has 0 aliphatic rings. The number of carboxylic acid groups (broad SMARTS) is 1. The zero-order valence-corrected chi connectivity index (χ0v) is 13.0. The predicted molar refractivity (Wildman–Crippen MR) is 77.4 cm³/mol. The Hall–Kier alpha value is -1.47. The topological polar surface area (TPSA) is 80.9 Å². The number of hydrogen-bond donors (Lipinski definition) is 1. The highest BCUT2D eigenvalue weighted by Crippen LogP contribution is 2.32. The van der Waals surface area contributed by atoms with Gasteiger partial charge in [0.1, 0.15) is 0 Å². The second kappa shape index (κ2) is 6.32. The third kappa shape index (κ3) is 3.16. The minimum Gasteiger partial charge on any atom is -0.481 e. The molecule has 1 aromatic carbocycles. The fourth-order valence-corrected chi connectivity index (χ4v) is 2.24. The number of aliphatic carboxylic acids is 1. The Labute approximate surface area is 128 Å². The zero-order chi connectivity index (χ0) is 14.7. The van der Waals surface area contributed by atoms with Crippen molar-refractivity contribution in [2.24, 2.45) is 5.92 Å². The van der Waals surface area contributed by atoms with Crippen molar-refractivity contribution < 1.29 is 9.90 Å². The number of carbonyl (C=O) groups is 1. The van der Waals surface area contributed by atoms with Gasteiger partial charge in [-0.3, -0.25) is 4.79 Å². The molecule has 0 aliphatic heterocycles. The maximum Gasteiger partial charge on any atom is 0.306 e. The van der Waals surface area contributed by atoms with Crippen LogP contribution >= 0.6 is 27.5 Å². The summed E-state index contributed by atoms with van der Waals surface area (Å²) in [4.78, 5) is 10.8. The predicted octanol–water partition coefficient (Wildman–Crippen LogP) is 2.87. The first kappa shape index (κ1) is 14.9. The number of hydrogen-bond acceptors (Lipinski definition) is 4. The SMILES string of the molecule is CC(CCn1nnnc1-c1cccc(Br)c1Cl)C(=O)O. The molecule has 0 amide bonds. The third-order valence-corrected chi connectivity index (χ3v) is 4.22. The van der Waals surface area contributed by atoms with Gasteiger partial charge in [-0.15, -0.1) is 5.10 Å². The molecule has 6 nitrogen and oxygen atoms in total. The second-order valence-corrected chi connectivity index (χ2v) is 5.59. The van der Waals surface area contributed by atoms with Crippen molar-refractivity contribution in [2.45, 2.75) is 19.9 Å². The summed E-state index contributed by atoms with van der Waals surface area (Å²) in [6, 6.07) is 5.48. The summed E-state index contributed by atoms with van der Waals surface area (Å²) >= 11 is 9.57. The van der Waals surface area contributed by atoms with E-state index < -0.39 is 11.9 Å². The number of carboxylic acids is 1. The van der Waals surface area contributed by atoms with E-state index in [2.05, 4.69) is 31.5 Å². The van der Waals surface area contributed by atoms with Gasteiger partial charge in [0, 0.05) is 16.6 Å². The Morgan fingerprint density at radius 3 is 3.00 bits per heavy atom. The van der Waals surface area contributed by atoms with E-state index in [9.17, 15) is 4.79 Å². The molecule has 1 N–H and O–H groups in total. The summed E-state index contributed by atoms with van der Waals surface area (Å²) < 4.78 is 2.32. The van der Waals surface area contributed by atoms with Crippen LogP contribution in [-0.2, 0) is 11.3 Å². The average Bonchev–Trinajstić information content (AvgIpc) is 2.87. The molecule has 1 unspecified atom stereocenters. The van der Waals surface area contributed by atoms with Crippen molar-refractivity contribution in [1.29, 1.82) is 0 Å².